The van der Waals surface area contributed by atoms with E-state index in [2.05, 4.69) is 0 Å². The number of methoxy groups -OCH3 is 1. The molecule has 2 rings (SSSR count). The molecule has 0 spiro atoms. The van der Waals surface area contributed by atoms with Gasteiger partial charge in [0.25, 0.3) is 0 Å². The summed E-state index contributed by atoms with van der Waals surface area (Å²) in [4.78, 5) is 11.3. The zero-order valence-electron chi connectivity index (χ0n) is 14.5. The normalized spacial score (nSPS) is 11.2. The molecule has 0 bridgehead atoms. The second kappa shape index (κ2) is 7.57. The molecular formula is C18H20O6S. The van der Waals surface area contributed by atoms with E-state index >= 15 is 0 Å². The average molecular weight is 364 g/mol. The molecule has 0 aliphatic heterocycles. The Kier molecular flexibility index (Phi) is 5.69. The van der Waals surface area contributed by atoms with E-state index in [1.165, 1.54) is 31.4 Å². The van der Waals surface area contributed by atoms with Gasteiger partial charge in [-0.3, -0.25) is 4.79 Å². The Hall–Kier alpha value is -2.54. The average Bonchev–Trinajstić information content (AvgIpc) is 2.56. The van der Waals surface area contributed by atoms with Gasteiger partial charge in [0.2, 0.25) is 5.75 Å². The Balaban J connectivity index is 2.56. The number of ether oxygens (including phenoxy) is 2. The van der Waals surface area contributed by atoms with Crippen molar-refractivity contribution in [2.24, 2.45) is 0 Å². The standard InChI is InChI=1S/C18H20O6S/c1-12(2)23-17-14(11-19)7-10-16(22-4)18(17)24-25(20,21)15-8-5-13(3)6-9-15/h5-12H,1-4H3. The van der Waals surface area contributed by atoms with Gasteiger partial charge in [0.15, 0.2) is 17.8 Å². The van der Waals surface area contributed by atoms with Crippen molar-refractivity contribution in [3.8, 4) is 17.2 Å². The highest BCUT2D eigenvalue weighted by Gasteiger charge is 2.25. The Bertz CT molecular complexity index is 854. The number of hydrogen-bond acceptors (Lipinski definition) is 6. The maximum absolute atomic E-state index is 12.6. The maximum atomic E-state index is 12.6. The second-order valence-electron chi connectivity index (χ2n) is 5.65. The van der Waals surface area contributed by atoms with Crippen molar-refractivity contribution >= 4 is 16.4 Å². The molecular weight excluding hydrogens is 344 g/mol. The van der Waals surface area contributed by atoms with Crippen LogP contribution < -0.4 is 13.7 Å². The van der Waals surface area contributed by atoms with Gasteiger partial charge in [-0.25, -0.2) is 0 Å². The van der Waals surface area contributed by atoms with Crippen LogP contribution in [0.2, 0.25) is 0 Å². The van der Waals surface area contributed by atoms with Crippen LogP contribution in [0.15, 0.2) is 41.3 Å². The third kappa shape index (κ3) is 4.30. The molecule has 0 heterocycles. The quantitative estimate of drug-likeness (QED) is 0.554. The van der Waals surface area contributed by atoms with Crippen molar-refractivity contribution in [3.63, 3.8) is 0 Å². The monoisotopic (exact) mass is 364 g/mol. The lowest BCUT2D eigenvalue weighted by Gasteiger charge is -2.18. The van der Waals surface area contributed by atoms with E-state index < -0.39 is 10.1 Å². The fourth-order valence-electron chi connectivity index (χ4n) is 2.11. The Morgan fingerprint density at radius 1 is 1.00 bits per heavy atom. The first-order valence-corrected chi connectivity index (χ1v) is 9.03. The summed E-state index contributed by atoms with van der Waals surface area (Å²) in [6, 6.07) is 9.17. The predicted molar refractivity (Wildman–Crippen MR) is 93.1 cm³/mol. The summed E-state index contributed by atoms with van der Waals surface area (Å²) in [5.74, 6) is 0.0262. The van der Waals surface area contributed by atoms with Crippen LogP contribution in [0.3, 0.4) is 0 Å². The summed E-state index contributed by atoms with van der Waals surface area (Å²) < 4.78 is 41.3. The summed E-state index contributed by atoms with van der Waals surface area (Å²) in [6.07, 6.45) is 0.276. The van der Waals surface area contributed by atoms with E-state index in [1.807, 2.05) is 6.92 Å². The van der Waals surface area contributed by atoms with Crippen LogP contribution in [-0.2, 0) is 10.1 Å². The molecule has 0 unspecified atom stereocenters. The number of hydrogen-bond donors (Lipinski definition) is 0. The first-order chi connectivity index (χ1) is 11.8. The van der Waals surface area contributed by atoms with Gasteiger partial charge in [0, 0.05) is 0 Å². The van der Waals surface area contributed by atoms with Crippen LogP contribution in [0.25, 0.3) is 0 Å². The topological polar surface area (TPSA) is 78.9 Å². The van der Waals surface area contributed by atoms with Gasteiger partial charge < -0.3 is 13.7 Å². The number of carbonyl (C=O) groups is 1. The highest BCUT2D eigenvalue weighted by Crippen LogP contribution is 2.41. The van der Waals surface area contributed by atoms with Crippen molar-refractivity contribution in [2.45, 2.75) is 31.8 Å². The molecule has 2 aromatic rings. The van der Waals surface area contributed by atoms with Crippen molar-refractivity contribution in [1.29, 1.82) is 0 Å². The summed E-state index contributed by atoms with van der Waals surface area (Å²) in [5, 5.41) is 0. The van der Waals surface area contributed by atoms with Crippen molar-refractivity contribution in [2.75, 3.05) is 7.11 Å². The van der Waals surface area contributed by atoms with Gasteiger partial charge in [-0.2, -0.15) is 8.42 Å². The SMILES string of the molecule is COc1ccc(C=O)c(OC(C)C)c1OS(=O)(=O)c1ccc(C)cc1. The molecule has 2 aromatic carbocycles. The van der Waals surface area contributed by atoms with Crippen LogP contribution in [0.5, 0.6) is 17.2 Å². The summed E-state index contributed by atoms with van der Waals surface area (Å²) in [7, 11) is -2.75. The number of aryl methyl sites for hydroxylation is 1. The number of aldehydes is 1. The third-order valence-electron chi connectivity index (χ3n) is 3.31. The molecule has 134 valence electrons. The minimum Gasteiger partial charge on any atom is -0.493 e. The number of carbonyl (C=O) groups excluding carboxylic acids is 1. The molecule has 6 nitrogen and oxygen atoms in total. The van der Waals surface area contributed by atoms with Crippen LogP contribution >= 0.6 is 0 Å². The molecule has 0 fully saturated rings. The zero-order chi connectivity index (χ0) is 18.6. The third-order valence-corrected chi connectivity index (χ3v) is 4.55. The van der Waals surface area contributed by atoms with E-state index in [4.69, 9.17) is 13.7 Å². The zero-order valence-corrected chi connectivity index (χ0v) is 15.3. The van der Waals surface area contributed by atoms with Gasteiger partial charge in [0.1, 0.15) is 4.90 Å². The molecule has 0 atom stereocenters. The van der Waals surface area contributed by atoms with Crippen molar-refractivity contribution in [1.82, 2.24) is 0 Å². The van der Waals surface area contributed by atoms with Gasteiger partial charge in [0.05, 0.1) is 18.8 Å². The van der Waals surface area contributed by atoms with Crippen LogP contribution in [-0.4, -0.2) is 27.9 Å². The molecule has 0 saturated carbocycles. The molecule has 7 heteroatoms. The summed E-state index contributed by atoms with van der Waals surface area (Å²) >= 11 is 0. The maximum Gasteiger partial charge on any atom is 0.339 e. The van der Waals surface area contributed by atoms with Crippen LogP contribution in [0.4, 0.5) is 0 Å². The fourth-order valence-corrected chi connectivity index (χ4v) is 3.06. The van der Waals surface area contributed by atoms with Crippen LogP contribution in [0.1, 0.15) is 29.8 Å². The Labute approximate surface area is 147 Å². The van der Waals surface area contributed by atoms with Crippen molar-refractivity contribution < 1.29 is 26.9 Å². The lowest BCUT2D eigenvalue weighted by molar-refractivity contribution is 0.111. The number of rotatable bonds is 7. The molecule has 0 amide bonds. The fraction of sp³-hybridized carbons (Fsp3) is 0.278. The first kappa shape index (κ1) is 18.8. The summed E-state index contributed by atoms with van der Waals surface area (Å²) in [6.45, 7) is 5.36. The van der Waals surface area contributed by atoms with Gasteiger partial charge in [-0.05, 0) is 45.0 Å². The highest BCUT2D eigenvalue weighted by molar-refractivity contribution is 7.87. The van der Waals surface area contributed by atoms with E-state index in [-0.39, 0.29) is 33.8 Å². The first-order valence-electron chi connectivity index (χ1n) is 7.62. The molecule has 0 aliphatic carbocycles. The molecule has 25 heavy (non-hydrogen) atoms. The molecule has 0 aromatic heterocycles. The smallest absolute Gasteiger partial charge is 0.339 e. The molecule has 0 N–H and O–H groups in total. The minimum atomic E-state index is -4.12. The van der Waals surface area contributed by atoms with E-state index in [9.17, 15) is 13.2 Å². The molecule has 0 saturated heterocycles. The largest absolute Gasteiger partial charge is 0.493 e. The predicted octanol–water partition coefficient (Wildman–Crippen LogP) is 3.37. The molecule has 0 aliphatic rings. The van der Waals surface area contributed by atoms with E-state index in [0.717, 1.165) is 5.56 Å². The van der Waals surface area contributed by atoms with E-state index in [0.29, 0.717) is 6.29 Å². The lowest BCUT2D eigenvalue weighted by Crippen LogP contribution is -2.14. The number of benzene rings is 2. The Morgan fingerprint density at radius 3 is 2.16 bits per heavy atom. The molecule has 0 radical (unpaired) electrons. The summed E-state index contributed by atoms with van der Waals surface area (Å²) in [5.41, 5.74) is 1.09. The van der Waals surface area contributed by atoms with Crippen molar-refractivity contribution in [3.05, 3.63) is 47.5 Å². The Morgan fingerprint density at radius 2 is 1.64 bits per heavy atom. The highest BCUT2D eigenvalue weighted by atomic mass is 32.2. The van der Waals surface area contributed by atoms with E-state index in [1.54, 1.807) is 26.0 Å². The van der Waals surface area contributed by atoms with Gasteiger partial charge >= 0.3 is 10.1 Å². The van der Waals surface area contributed by atoms with Gasteiger partial charge in [-0.15, -0.1) is 0 Å². The van der Waals surface area contributed by atoms with Gasteiger partial charge in [-0.1, -0.05) is 17.7 Å². The lowest BCUT2D eigenvalue weighted by atomic mass is 10.2. The van der Waals surface area contributed by atoms with Crippen LogP contribution in [0, 0.1) is 6.92 Å². The second-order valence-corrected chi connectivity index (χ2v) is 7.20. The minimum absolute atomic E-state index is 0.00726.